The Balaban J connectivity index is 1.76. The second-order valence-electron chi connectivity index (χ2n) is 7.70. The van der Waals surface area contributed by atoms with Gasteiger partial charge in [0.2, 0.25) is 0 Å². The predicted molar refractivity (Wildman–Crippen MR) is 112 cm³/mol. The molecule has 0 amide bonds. The summed E-state index contributed by atoms with van der Waals surface area (Å²) in [5.74, 6) is 1.37. The summed E-state index contributed by atoms with van der Waals surface area (Å²) in [7, 11) is 3.20. The summed E-state index contributed by atoms with van der Waals surface area (Å²) >= 11 is 0. The molecule has 7 heteroatoms. The number of ether oxygens (including phenoxy) is 2. The van der Waals surface area contributed by atoms with E-state index in [0.717, 1.165) is 36.8 Å². The first-order valence-corrected chi connectivity index (χ1v) is 10.2. The first-order valence-electron chi connectivity index (χ1n) is 10.2. The molecule has 0 fully saturated rings. The maximum absolute atomic E-state index is 13.4. The van der Waals surface area contributed by atoms with Crippen LogP contribution in [-0.2, 0) is 19.3 Å². The zero-order valence-electron chi connectivity index (χ0n) is 17.5. The van der Waals surface area contributed by atoms with E-state index in [2.05, 4.69) is 9.47 Å². The lowest BCUT2D eigenvalue weighted by Crippen LogP contribution is -2.29. The Morgan fingerprint density at radius 3 is 2.35 bits per heavy atom. The molecule has 2 aromatic carbocycles. The maximum Gasteiger partial charge on any atom is 0.416 e. The molecule has 1 aliphatic heterocycles. The zero-order valence-corrected chi connectivity index (χ0v) is 17.5. The minimum atomic E-state index is -4.38. The second kappa shape index (κ2) is 8.67. The number of aryl methyl sites for hydroxylation is 1. The summed E-state index contributed by atoms with van der Waals surface area (Å²) in [6.45, 7) is 2.14. The second-order valence-corrected chi connectivity index (χ2v) is 7.70. The van der Waals surface area contributed by atoms with Crippen LogP contribution in [0.5, 0.6) is 11.5 Å². The number of aromatic nitrogens is 1. The van der Waals surface area contributed by atoms with Crippen molar-refractivity contribution in [1.29, 1.82) is 0 Å². The molecule has 3 aromatic rings. The third-order valence-electron chi connectivity index (χ3n) is 5.68. The van der Waals surface area contributed by atoms with Crippen molar-refractivity contribution in [3.63, 3.8) is 0 Å². The topological polar surface area (TPSA) is 26.6 Å². The zero-order chi connectivity index (χ0) is 22.0. The van der Waals surface area contributed by atoms with E-state index in [1.165, 1.54) is 12.1 Å². The van der Waals surface area contributed by atoms with Crippen LogP contribution in [0.1, 0.15) is 34.8 Å². The van der Waals surface area contributed by atoms with Gasteiger partial charge in [-0.15, -0.1) is 0 Å². The van der Waals surface area contributed by atoms with E-state index in [1.807, 2.05) is 30.5 Å². The van der Waals surface area contributed by atoms with Crippen molar-refractivity contribution in [1.82, 2.24) is 9.47 Å². The summed E-state index contributed by atoms with van der Waals surface area (Å²) in [4.78, 5) is 2.22. The number of halogens is 3. The average Bonchev–Trinajstić information content (AvgIpc) is 3.14. The molecule has 31 heavy (non-hydrogen) atoms. The van der Waals surface area contributed by atoms with Crippen LogP contribution in [0, 0.1) is 0 Å². The molecule has 4 nitrogen and oxygen atoms in total. The maximum atomic E-state index is 13.4. The van der Waals surface area contributed by atoms with Gasteiger partial charge in [-0.1, -0.05) is 12.1 Å². The molecular formula is C24H25F3N2O2. The number of alkyl halides is 3. The van der Waals surface area contributed by atoms with Gasteiger partial charge in [0.1, 0.15) is 11.5 Å². The van der Waals surface area contributed by atoms with E-state index in [0.29, 0.717) is 23.6 Å². The molecule has 0 radical (unpaired) electrons. The van der Waals surface area contributed by atoms with Crippen LogP contribution >= 0.6 is 0 Å². The van der Waals surface area contributed by atoms with Gasteiger partial charge in [-0.25, -0.2) is 0 Å². The fourth-order valence-corrected chi connectivity index (χ4v) is 4.27. The summed E-state index contributed by atoms with van der Waals surface area (Å²) in [5, 5.41) is 0. The highest BCUT2D eigenvalue weighted by atomic mass is 19.4. The Labute approximate surface area is 179 Å². The smallest absolute Gasteiger partial charge is 0.416 e. The predicted octanol–water partition coefficient (Wildman–Crippen LogP) is 5.52. The van der Waals surface area contributed by atoms with Gasteiger partial charge in [0.05, 0.1) is 25.8 Å². The van der Waals surface area contributed by atoms with Crippen molar-refractivity contribution >= 4 is 0 Å². The molecule has 1 unspecified atom stereocenters. The third-order valence-corrected chi connectivity index (χ3v) is 5.68. The summed E-state index contributed by atoms with van der Waals surface area (Å²) < 4.78 is 53.2. The molecule has 1 aliphatic rings. The number of hydrogen-bond donors (Lipinski definition) is 0. The van der Waals surface area contributed by atoms with Crippen LogP contribution in [0.3, 0.4) is 0 Å². The van der Waals surface area contributed by atoms with E-state index in [9.17, 15) is 13.2 Å². The lowest BCUT2D eigenvalue weighted by molar-refractivity contribution is -0.137. The number of fused-ring (bicyclic) bond motifs is 1. The van der Waals surface area contributed by atoms with E-state index in [1.54, 1.807) is 26.4 Å². The van der Waals surface area contributed by atoms with Crippen LogP contribution in [0.4, 0.5) is 13.2 Å². The third kappa shape index (κ3) is 4.56. The van der Waals surface area contributed by atoms with Crippen molar-refractivity contribution < 1.29 is 22.6 Å². The summed E-state index contributed by atoms with van der Waals surface area (Å²) in [6.07, 6.45) is -1.49. The summed E-state index contributed by atoms with van der Waals surface area (Å²) in [5.41, 5.74) is 1.97. The van der Waals surface area contributed by atoms with Crippen molar-refractivity contribution in [3.05, 3.63) is 83.2 Å². The number of nitrogens with zero attached hydrogens (tertiary/aromatic N) is 2. The van der Waals surface area contributed by atoms with Crippen molar-refractivity contribution in [2.24, 2.45) is 0 Å². The van der Waals surface area contributed by atoms with Gasteiger partial charge in [0.15, 0.2) is 0 Å². The van der Waals surface area contributed by atoms with Crippen molar-refractivity contribution in [2.45, 2.75) is 31.7 Å². The summed E-state index contributed by atoms with van der Waals surface area (Å²) in [6, 6.07) is 15.0. The molecule has 0 aliphatic carbocycles. The highest BCUT2D eigenvalue weighted by Gasteiger charge is 2.33. The standard InChI is InChI=1S/C24H25F3N2O2/c1-30-20-12-17(13-21(15-20)31-2)16-29-11-5-10-28-9-4-8-22(28)23(29)18-6-3-7-19(14-18)24(25,26)27/h3-4,6-9,12-15,23H,5,10-11,16H2,1-2H3. The van der Waals surface area contributed by atoms with Gasteiger partial charge < -0.3 is 14.0 Å². The molecule has 0 spiro atoms. The number of rotatable bonds is 5. The molecule has 1 atom stereocenters. The molecule has 0 bridgehead atoms. The highest BCUT2D eigenvalue weighted by Crippen LogP contribution is 2.37. The van der Waals surface area contributed by atoms with Crippen LogP contribution in [-0.4, -0.2) is 30.2 Å². The lowest BCUT2D eigenvalue weighted by atomic mass is 9.98. The van der Waals surface area contributed by atoms with Crippen LogP contribution in [0.2, 0.25) is 0 Å². The molecule has 2 heterocycles. The Bertz CT molecular complexity index is 1020. The quantitative estimate of drug-likeness (QED) is 0.533. The van der Waals surface area contributed by atoms with Gasteiger partial charge in [-0.2, -0.15) is 13.2 Å². The normalized spacial score (nSPS) is 17.1. The number of benzene rings is 2. The minimum absolute atomic E-state index is 0.294. The SMILES string of the molecule is COc1cc(CN2CCCn3cccc3C2c2cccc(C(F)(F)F)c2)cc(OC)c1. The molecule has 1 aromatic heterocycles. The molecule has 0 saturated heterocycles. The Morgan fingerprint density at radius 1 is 0.935 bits per heavy atom. The highest BCUT2D eigenvalue weighted by molar-refractivity contribution is 5.39. The number of hydrogen-bond acceptors (Lipinski definition) is 3. The molecular weight excluding hydrogens is 405 g/mol. The van der Waals surface area contributed by atoms with Crippen LogP contribution < -0.4 is 9.47 Å². The molecule has 0 saturated carbocycles. The molecule has 4 rings (SSSR count). The Hall–Kier alpha value is -2.93. The van der Waals surface area contributed by atoms with Crippen molar-refractivity contribution in [2.75, 3.05) is 20.8 Å². The minimum Gasteiger partial charge on any atom is -0.497 e. The monoisotopic (exact) mass is 430 g/mol. The van der Waals surface area contributed by atoms with E-state index in [-0.39, 0.29) is 6.04 Å². The largest absolute Gasteiger partial charge is 0.497 e. The van der Waals surface area contributed by atoms with E-state index >= 15 is 0 Å². The van der Waals surface area contributed by atoms with Gasteiger partial charge in [-0.3, -0.25) is 4.90 Å². The average molecular weight is 430 g/mol. The van der Waals surface area contributed by atoms with Crippen molar-refractivity contribution in [3.8, 4) is 11.5 Å². The fourth-order valence-electron chi connectivity index (χ4n) is 4.27. The molecule has 0 N–H and O–H groups in total. The fraction of sp³-hybridized carbons (Fsp3) is 0.333. The Morgan fingerprint density at radius 2 is 1.68 bits per heavy atom. The van der Waals surface area contributed by atoms with Gasteiger partial charge in [-0.05, 0) is 53.9 Å². The van der Waals surface area contributed by atoms with E-state index in [4.69, 9.17) is 9.47 Å². The number of methoxy groups -OCH3 is 2. The lowest BCUT2D eigenvalue weighted by Gasteiger charge is -2.31. The van der Waals surface area contributed by atoms with Crippen LogP contribution in [0.15, 0.2) is 60.8 Å². The first kappa shape index (κ1) is 21.3. The van der Waals surface area contributed by atoms with Gasteiger partial charge in [0.25, 0.3) is 0 Å². The van der Waals surface area contributed by atoms with Crippen LogP contribution in [0.25, 0.3) is 0 Å². The Kier molecular flexibility index (Phi) is 5.96. The van der Waals surface area contributed by atoms with E-state index < -0.39 is 11.7 Å². The van der Waals surface area contributed by atoms with Gasteiger partial charge >= 0.3 is 6.18 Å². The molecule has 164 valence electrons. The first-order chi connectivity index (χ1) is 14.9. The van der Waals surface area contributed by atoms with Gasteiger partial charge in [0, 0.05) is 37.6 Å².